The third kappa shape index (κ3) is 4.04. The van der Waals surface area contributed by atoms with Crippen LogP contribution in [0.3, 0.4) is 0 Å². The fourth-order valence-electron chi connectivity index (χ4n) is 4.57. The molecule has 2 N–H and O–H groups in total. The first-order chi connectivity index (χ1) is 17.5. The number of amides is 1. The summed E-state index contributed by atoms with van der Waals surface area (Å²) in [5.41, 5.74) is 11.0. The van der Waals surface area contributed by atoms with Crippen molar-refractivity contribution in [3.8, 4) is 28.5 Å². The number of nitrogens with two attached hydrogens (primary N) is 1. The first kappa shape index (κ1) is 23.1. The van der Waals surface area contributed by atoms with Crippen LogP contribution in [0.15, 0.2) is 67.7 Å². The van der Waals surface area contributed by atoms with Gasteiger partial charge in [0.1, 0.15) is 17.8 Å². The van der Waals surface area contributed by atoms with E-state index in [1.807, 2.05) is 41.9 Å². The lowest BCUT2D eigenvalue weighted by atomic mass is 9.95. The molecule has 0 radical (unpaired) electrons. The van der Waals surface area contributed by atoms with Crippen LogP contribution in [0.1, 0.15) is 12.1 Å². The average Bonchev–Trinajstić information content (AvgIpc) is 3.22. The maximum absolute atomic E-state index is 12.1. The highest BCUT2D eigenvalue weighted by Crippen LogP contribution is 2.43. The Morgan fingerprint density at radius 3 is 2.72 bits per heavy atom. The largest absolute Gasteiger partial charge is 0.493 e. The molecular formula is C27H26N6O3. The van der Waals surface area contributed by atoms with Crippen LogP contribution in [0, 0.1) is 0 Å². The van der Waals surface area contributed by atoms with Gasteiger partial charge in [-0.2, -0.15) is 0 Å². The Morgan fingerprint density at radius 1 is 1.17 bits per heavy atom. The van der Waals surface area contributed by atoms with Crippen LogP contribution in [0.5, 0.6) is 17.4 Å². The molecule has 0 unspecified atom stereocenters. The number of benzene rings is 1. The number of carbonyl (C=O) groups is 1. The van der Waals surface area contributed by atoms with Gasteiger partial charge in [0.25, 0.3) is 0 Å². The summed E-state index contributed by atoms with van der Waals surface area (Å²) in [7, 11) is 3.56. The third-order valence-corrected chi connectivity index (χ3v) is 6.30. The van der Waals surface area contributed by atoms with E-state index in [4.69, 9.17) is 15.2 Å². The zero-order valence-corrected chi connectivity index (χ0v) is 20.1. The number of aromatic nitrogens is 4. The van der Waals surface area contributed by atoms with E-state index < -0.39 is 0 Å². The minimum atomic E-state index is -0.0779. The second-order valence-corrected chi connectivity index (χ2v) is 8.34. The van der Waals surface area contributed by atoms with Crippen LogP contribution in [-0.4, -0.2) is 50.5 Å². The number of aryl methyl sites for hydroxylation is 1. The Bertz CT molecular complexity index is 1490. The summed E-state index contributed by atoms with van der Waals surface area (Å²) in [4.78, 5) is 26.9. The van der Waals surface area contributed by atoms with Crippen LogP contribution in [0.25, 0.3) is 27.7 Å². The molecule has 9 heteroatoms. The Labute approximate surface area is 208 Å². The number of hydrogen-bond donors (Lipinski definition) is 1. The summed E-state index contributed by atoms with van der Waals surface area (Å²) in [6.45, 7) is 4.70. The van der Waals surface area contributed by atoms with Gasteiger partial charge in [-0.05, 0) is 41.8 Å². The predicted molar refractivity (Wildman–Crippen MR) is 139 cm³/mol. The molecule has 1 aromatic carbocycles. The second-order valence-electron chi connectivity index (χ2n) is 8.34. The molecule has 0 spiro atoms. The lowest BCUT2D eigenvalue weighted by molar-refractivity contribution is -0.125. The standard InChI is InChI=1S/C27H26N6O3/c1-4-22(34)33-13-10-17(11-14-33)25-23(24-26(28)30-16-31-27(24)32(25)2)18-8-9-19(20(15-18)35-3)36-21-7-5-6-12-29-21/h4-10,12,15-16H,1,11,13-14H2,2-3H3,(H2,28,30,31). The van der Waals surface area contributed by atoms with Gasteiger partial charge >= 0.3 is 0 Å². The van der Waals surface area contributed by atoms with Crippen LogP contribution >= 0.6 is 0 Å². The van der Waals surface area contributed by atoms with E-state index in [1.54, 1.807) is 24.3 Å². The van der Waals surface area contributed by atoms with Crippen molar-refractivity contribution >= 4 is 28.3 Å². The Hall–Kier alpha value is -4.66. The highest BCUT2D eigenvalue weighted by atomic mass is 16.5. The van der Waals surface area contributed by atoms with Gasteiger partial charge in [0, 0.05) is 38.0 Å². The van der Waals surface area contributed by atoms with Gasteiger partial charge in [-0.1, -0.05) is 24.8 Å². The summed E-state index contributed by atoms with van der Waals surface area (Å²) in [5.74, 6) is 1.88. The van der Waals surface area contributed by atoms with Gasteiger partial charge in [0.15, 0.2) is 11.5 Å². The number of fused-ring (bicyclic) bond motifs is 1. The zero-order valence-electron chi connectivity index (χ0n) is 20.1. The Kier molecular flexibility index (Phi) is 6.12. The summed E-state index contributed by atoms with van der Waals surface area (Å²) in [6.07, 6.45) is 7.24. The fourth-order valence-corrected chi connectivity index (χ4v) is 4.57. The number of rotatable bonds is 6. The van der Waals surface area contributed by atoms with Crippen molar-refractivity contribution in [2.75, 3.05) is 25.9 Å². The van der Waals surface area contributed by atoms with Gasteiger partial charge in [-0.15, -0.1) is 0 Å². The van der Waals surface area contributed by atoms with Gasteiger partial charge in [0.2, 0.25) is 11.8 Å². The zero-order chi connectivity index (χ0) is 25.2. The van der Waals surface area contributed by atoms with Gasteiger partial charge in [-0.3, -0.25) is 4.79 Å². The maximum Gasteiger partial charge on any atom is 0.246 e. The van der Waals surface area contributed by atoms with Gasteiger partial charge < -0.3 is 24.7 Å². The predicted octanol–water partition coefficient (Wildman–Crippen LogP) is 4.22. The second kappa shape index (κ2) is 9.53. The molecule has 9 nitrogen and oxygen atoms in total. The summed E-state index contributed by atoms with van der Waals surface area (Å²) in [6, 6.07) is 11.2. The normalized spacial score (nSPS) is 13.4. The van der Waals surface area contributed by atoms with Crippen molar-refractivity contribution in [3.05, 3.63) is 73.3 Å². The van der Waals surface area contributed by atoms with Crippen molar-refractivity contribution in [2.24, 2.45) is 7.05 Å². The van der Waals surface area contributed by atoms with E-state index in [2.05, 4.69) is 27.6 Å². The summed E-state index contributed by atoms with van der Waals surface area (Å²) >= 11 is 0. The van der Waals surface area contributed by atoms with E-state index in [-0.39, 0.29) is 5.91 Å². The van der Waals surface area contributed by atoms with E-state index in [0.717, 1.165) is 33.4 Å². The molecule has 5 rings (SSSR count). The molecule has 0 saturated carbocycles. The SMILES string of the molecule is C=CC(=O)N1CC=C(c2c(-c3ccc(Oc4ccccn4)c(OC)c3)c3c(N)ncnc3n2C)CC1. The summed E-state index contributed by atoms with van der Waals surface area (Å²) < 4.78 is 13.7. The third-order valence-electron chi connectivity index (χ3n) is 6.30. The molecule has 182 valence electrons. The number of nitrogens with zero attached hydrogens (tertiary/aromatic N) is 5. The topological polar surface area (TPSA) is 108 Å². The first-order valence-electron chi connectivity index (χ1n) is 11.5. The number of hydrogen-bond acceptors (Lipinski definition) is 7. The number of anilines is 1. The number of ether oxygens (including phenoxy) is 2. The molecule has 0 bridgehead atoms. The number of pyridine rings is 1. The number of methoxy groups -OCH3 is 1. The number of carbonyl (C=O) groups excluding carboxylic acids is 1. The lowest BCUT2D eigenvalue weighted by Crippen LogP contribution is -2.33. The van der Waals surface area contributed by atoms with Crippen LogP contribution < -0.4 is 15.2 Å². The summed E-state index contributed by atoms with van der Waals surface area (Å²) in [5, 5.41) is 0.765. The minimum absolute atomic E-state index is 0.0779. The van der Waals surface area contributed by atoms with Crippen molar-refractivity contribution in [3.63, 3.8) is 0 Å². The molecule has 0 saturated heterocycles. The monoisotopic (exact) mass is 482 g/mol. The van der Waals surface area contributed by atoms with Crippen LogP contribution in [-0.2, 0) is 11.8 Å². The average molecular weight is 483 g/mol. The van der Waals surface area contributed by atoms with Crippen molar-refractivity contribution in [1.82, 2.24) is 24.4 Å². The Morgan fingerprint density at radius 2 is 2.03 bits per heavy atom. The van der Waals surface area contributed by atoms with Crippen LogP contribution in [0.4, 0.5) is 5.82 Å². The van der Waals surface area contributed by atoms with Crippen molar-refractivity contribution < 1.29 is 14.3 Å². The quantitative estimate of drug-likeness (QED) is 0.410. The van der Waals surface area contributed by atoms with E-state index in [0.29, 0.717) is 42.7 Å². The molecule has 1 aliphatic rings. The molecular weight excluding hydrogens is 456 g/mol. The van der Waals surface area contributed by atoms with E-state index in [1.165, 1.54) is 12.4 Å². The van der Waals surface area contributed by atoms with E-state index in [9.17, 15) is 4.79 Å². The maximum atomic E-state index is 12.1. The van der Waals surface area contributed by atoms with Crippen LogP contribution in [0.2, 0.25) is 0 Å². The minimum Gasteiger partial charge on any atom is -0.493 e. The molecule has 36 heavy (non-hydrogen) atoms. The molecule has 3 aromatic heterocycles. The van der Waals surface area contributed by atoms with Gasteiger partial charge in [-0.25, -0.2) is 15.0 Å². The first-order valence-corrected chi connectivity index (χ1v) is 11.5. The van der Waals surface area contributed by atoms with E-state index >= 15 is 0 Å². The number of nitrogen functional groups attached to an aromatic ring is 1. The Balaban J connectivity index is 1.64. The molecule has 1 amide bonds. The smallest absolute Gasteiger partial charge is 0.246 e. The molecule has 4 heterocycles. The molecule has 0 atom stereocenters. The molecule has 0 fully saturated rings. The lowest BCUT2D eigenvalue weighted by Gasteiger charge is -2.26. The molecule has 1 aliphatic heterocycles. The van der Waals surface area contributed by atoms with Gasteiger partial charge in [0.05, 0.1) is 18.2 Å². The fraction of sp³-hybridized carbons (Fsp3) is 0.185. The highest BCUT2D eigenvalue weighted by molar-refractivity contribution is 6.06. The molecule has 4 aromatic rings. The molecule has 0 aliphatic carbocycles. The highest BCUT2D eigenvalue weighted by Gasteiger charge is 2.26. The van der Waals surface area contributed by atoms with Crippen molar-refractivity contribution in [1.29, 1.82) is 0 Å². The van der Waals surface area contributed by atoms with Crippen molar-refractivity contribution in [2.45, 2.75) is 6.42 Å².